The fourth-order valence-corrected chi connectivity index (χ4v) is 3.05. The van der Waals surface area contributed by atoms with Crippen molar-refractivity contribution in [2.24, 2.45) is 11.8 Å². The van der Waals surface area contributed by atoms with E-state index >= 15 is 0 Å². The standard InChI is InChI=1S/C18H25N3O6/c1-18(2,3)20-17(26)19-13(22)10-27-14(23)8-9-21-15(24)11-6-4-5-7-12(11)16(21)25/h4-5,11-12H,6-10H2,1-3H3,(H2,19,20,22,26)/t11-,12-/m0/s1. The Labute approximate surface area is 157 Å². The molecule has 0 aromatic carbocycles. The Morgan fingerprint density at radius 1 is 1.11 bits per heavy atom. The average molecular weight is 379 g/mol. The Bertz CT molecular complexity index is 653. The molecule has 2 aliphatic rings. The van der Waals surface area contributed by atoms with E-state index in [1.807, 2.05) is 17.5 Å². The van der Waals surface area contributed by atoms with E-state index < -0.39 is 30.1 Å². The quantitative estimate of drug-likeness (QED) is 0.407. The zero-order valence-electron chi connectivity index (χ0n) is 15.7. The van der Waals surface area contributed by atoms with Crippen LogP contribution in [0.3, 0.4) is 0 Å². The molecule has 1 heterocycles. The van der Waals surface area contributed by atoms with Crippen molar-refractivity contribution in [1.82, 2.24) is 15.5 Å². The molecule has 2 N–H and O–H groups in total. The molecule has 0 radical (unpaired) electrons. The van der Waals surface area contributed by atoms with Crippen molar-refractivity contribution in [2.45, 2.75) is 45.6 Å². The summed E-state index contributed by atoms with van der Waals surface area (Å²) in [6, 6.07) is -0.687. The van der Waals surface area contributed by atoms with Gasteiger partial charge in [0, 0.05) is 12.1 Å². The van der Waals surface area contributed by atoms with Crippen molar-refractivity contribution in [2.75, 3.05) is 13.2 Å². The molecule has 1 saturated heterocycles. The minimum atomic E-state index is -0.768. The smallest absolute Gasteiger partial charge is 0.321 e. The second-order valence-corrected chi connectivity index (χ2v) is 7.65. The Kier molecular flexibility index (Phi) is 6.35. The van der Waals surface area contributed by atoms with Crippen molar-refractivity contribution < 1.29 is 28.7 Å². The monoisotopic (exact) mass is 379 g/mol. The lowest BCUT2D eigenvalue weighted by atomic mass is 9.85. The number of urea groups is 1. The first kappa shape index (κ1) is 20.6. The van der Waals surface area contributed by atoms with E-state index in [1.165, 1.54) is 0 Å². The molecule has 1 fully saturated rings. The summed E-state index contributed by atoms with van der Waals surface area (Å²) in [6.45, 7) is 4.57. The van der Waals surface area contributed by atoms with Gasteiger partial charge in [0.05, 0.1) is 18.3 Å². The van der Waals surface area contributed by atoms with Crippen molar-refractivity contribution >= 4 is 29.7 Å². The lowest BCUT2D eigenvalue weighted by molar-refractivity contribution is -0.149. The highest BCUT2D eigenvalue weighted by Gasteiger charge is 2.46. The van der Waals surface area contributed by atoms with Gasteiger partial charge < -0.3 is 10.1 Å². The highest BCUT2D eigenvalue weighted by Crippen LogP contribution is 2.34. The van der Waals surface area contributed by atoms with Gasteiger partial charge in [0.1, 0.15) is 0 Å². The third-order valence-corrected chi connectivity index (χ3v) is 4.24. The van der Waals surface area contributed by atoms with Gasteiger partial charge in [-0.1, -0.05) is 12.2 Å². The minimum Gasteiger partial charge on any atom is -0.456 e. The Balaban J connectivity index is 1.72. The van der Waals surface area contributed by atoms with Crippen LogP contribution in [0.5, 0.6) is 0 Å². The van der Waals surface area contributed by atoms with Crippen LogP contribution in [0.4, 0.5) is 4.79 Å². The predicted molar refractivity (Wildman–Crippen MR) is 94.1 cm³/mol. The molecule has 148 valence electrons. The number of imide groups is 2. The van der Waals surface area contributed by atoms with Crippen molar-refractivity contribution in [1.29, 1.82) is 0 Å². The summed E-state index contributed by atoms with van der Waals surface area (Å²) in [5, 5.41) is 4.58. The maximum Gasteiger partial charge on any atom is 0.321 e. The molecule has 1 aliphatic heterocycles. The van der Waals surface area contributed by atoms with Crippen LogP contribution in [0.15, 0.2) is 12.2 Å². The van der Waals surface area contributed by atoms with Gasteiger partial charge in [0.25, 0.3) is 5.91 Å². The number of carbonyl (C=O) groups is 5. The van der Waals surface area contributed by atoms with E-state index in [0.717, 1.165) is 4.90 Å². The zero-order valence-corrected chi connectivity index (χ0v) is 15.7. The molecule has 0 aromatic rings. The van der Waals surface area contributed by atoms with Gasteiger partial charge in [-0.25, -0.2) is 4.79 Å². The van der Waals surface area contributed by atoms with Gasteiger partial charge in [-0.15, -0.1) is 0 Å². The van der Waals surface area contributed by atoms with E-state index in [9.17, 15) is 24.0 Å². The molecule has 0 unspecified atom stereocenters. The maximum absolute atomic E-state index is 12.3. The summed E-state index contributed by atoms with van der Waals surface area (Å²) in [7, 11) is 0. The van der Waals surface area contributed by atoms with Crippen LogP contribution in [0.2, 0.25) is 0 Å². The molecule has 0 bridgehead atoms. The van der Waals surface area contributed by atoms with Gasteiger partial charge in [-0.05, 0) is 33.6 Å². The normalized spacial score (nSPS) is 21.7. The highest BCUT2D eigenvalue weighted by atomic mass is 16.5. The van der Waals surface area contributed by atoms with Gasteiger partial charge in [-0.2, -0.15) is 0 Å². The molecule has 0 saturated carbocycles. The molecule has 27 heavy (non-hydrogen) atoms. The molecule has 0 spiro atoms. The van der Waals surface area contributed by atoms with E-state index in [0.29, 0.717) is 12.8 Å². The zero-order chi connectivity index (χ0) is 20.2. The van der Waals surface area contributed by atoms with E-state index in [1.54, 1.807) is 20.8 Å². The third-order valence-electron chi connectivity index (χ3n) is 4.24. The van der Waals surface area contributed by atoms with Gasteiger partial charge in [0.15, 0.2) is 6.61 Å². The lowest BCUT2D eigenvalue weighted by Crippen LogP contribution is -2.49. The molecule has 2 atom stereocenters. The number of hydrogen-bond acceptors (Lipinski definition) is 6. The van der Waals surface area contributed by atoms with Crippen LogP contribution in [0, 0.1) is 11.8 Å². The summed E-state index contributed by atoms with van der Waals surface area (Å²) >= 11 is 0. The first-order valence-electron chi connectivity index (χ1n) is 8.86. The second-order valence-electron chi connectivity index (χ2n) is 7.65. The minimum absolute atomic E-state index is 0.0738. The van der Waals surface area contributed by atoms with Gasteiger partial charge in [-0.3, -0.25) is 29.4 Å². The predicted octanol–water partition coefficient (Wildman–Crippen LogP) is 0.495. The van der Waals surface area contributed by atoms with Crippen LogP contribution in [-0.2, 0) is 23.9 Å². The average Bonchev–Trinajstić information content (AvgIpc) is 2.81. The topological polar surface area (TPSA) is 122 Å². The largest absolute Gasteiger partial charge is 0.456 e. The van der Waals surface area contributed by atoms with E-state index in [2.05, 4.69) is 5.32 Å². The number of rotatable bonds is 5. The highest BCUT2D eigenvalue weighted by molar-refractivity contribution is 6.05. The summed E-state index contributed by atoms with van der Waals surface area (Å²) in [5.74, 6) is -2.71. The van der Waals surface area contributed by atoms with Crippen LogP contribution in [0.25, 0.3) is 0 Å². The molecule has 0 aromatic heterocycles. The van der Waals surface area contributed by atoms with Crippen LogP contribution in [0.1, 0.15) is 40.0 Å². The summed E-state index contributed by atoms with van der Waals surface area (Å²) in [5.41, 5.74) is -0.511. The number of carbonyl (C=O) groups excluding carboxylic acids is 5. The Morgan fingerprint density at radius 3 is 2.19 bits per heavy atom. The summed E-state index contributed by atoms with van der Waals surface area (Å²) in [4.78, 5) is 60.6. The number of allylic oxidation sites excluding steroid dienone is 2. The molecular weight excluding hydrogens is 354 g/mol. The van der Waals surface area contributed by atoms with E-state index in [-0.39, 0.29) is 36.6 Å². The van der Waals surface area contributed by atoms with Gasteiger partial charge in [0.2, 0.25) is 11.8 Å². The molecule has 2 rings (SSSR count). The number of amides is 5. The molecule has 9 nitrogen and oxygen atoms in total. The number of nitrogens with zero attached hydrogens (tertiary/aromatic N) is 1. The number of nitrogens with one attached hydrogen (secondary N) is 2. The number of ether oxygens (including phenoxy) is 1. The van der Waals surface area contributed by atoms with Crippen LogP contribution >= 0.6 is 0 Å². The van der Waals surface area contributed by atoms with Gasteiger partial charge >= 0.3 is 12.0 Å². The Morgan fingerprint density at radius 2 is 1.67 bits per heavy atom. The summed E-state index contributed by atoms with van der Waals surface area (Å²) < 4.78 is 4.79. The van der Waals surface area contributed by atoms with Crippen LogP contribution in [-0.4, -0.2) is 53.3 Å². The lowest BCUT2D eigenvalue weighted by Gasteiger charge is -2.20. The molecule has 9 heteroatoms. The third kappa shape index (κ3) is 5.63. The number of hydrogen-bond donors (Lipinski definition) is 2. The number of fused-ring (bicyclic) bond motifs is 1. The maximum atomic E-state index is 12.3. The first-order chi connectivity index (χ1) is 12.6. The second kappa shape index (κ2) is 8.32. The van der Waals surface area contributed by atoms with E-state index in [4.69, 9.17) is 4.74 Å². The Hall–Kier alpha value is -2.71. The number of likely N-dealkylation sites (tertiary alicyclic amines) is 1. The molecule has 5 amide bonds. The SMILES string of the molecule is CC(C)(C)NC(=O)NC(=O)COC(=O)CCN1C(=O)[C@H]2CC=CC[C@@H]2C1=O. The number of esters is 1. The van der Waals surface area contributed by atoms with Crippen molar-refractivity contribution in [3.05, 3.63) is 12.2 Å². The fourth-order valence-electron chi connectivity index (χ4n) is 3.05. The fraction of sp³-hybridized carbons (Fsp3) is 0.611. The van der Waals surface area contributed by atoms with Crippen molar-refractivity contribution in [3.63, 3.8) is 0 Å². The molecular formula is C18H25N3O6. The molecule has 1 aliphatic carbocycles. The first-order valence-corrected chi connectivity index (χ1v) is 8.86. The van der Waals surface area contributed by atoms with Crippen LogP contribution < -0.4 is 10.6 Å². The summed E-state index contributed by atoms with van der Waals surface area (Å²) in [6.07, 6.45) is 4.64. The van der Waals surface area contributed by atoms with Crippen molar-refractivity contribution in [3.8, 4) is 0 Å².